The van der Waals surface area contributed by atoms with E-state index in [1.54, 1.807) is 0 Å². The monoisotopic (exact) mass is 203 g/mol. The molecule has 0 bridgehead atoms. The minimum atomic E-state index is -0.190. The maximum Gasteiger partial charge on any atom is 0.0611 e. The van der Waals surface area contributed by atoms with Gasteiger partial charge in [0.05, 0.1) is 6.61 Å². The van der Waals surface area contributed by atoms with Gasteiger partial charge < -0.3 is 15.2 Å². The first-order valence-corrected chi connectivity index (χ1v) is 5.56. The number of likely N-dealkylation sites (N-methyl/N-ethyl adjacent to an activating group) is 1. The van der Waals surface area contributed by atoms with Gasteiger partial charge in [-0.1, -0.05) is 19.8 Å². The van der Waals surface area contributed by atoms with Crippen molar-refractivity contribution in [1.29, 1.82) is 0 Å². The zero-order valence-electron chi connectivity index (χ0n) is 9.81. The van der Waals surface area contributed by atoms with E-state index in [0.29, 0.717) is 0 Å². The van der Waals surface area contributed by atoms with Gasteiger partial charge in [-0.2, -0.15) is 0 Å². The molecule has 0 saturated heterocycles. The van der Waals surface area contributed by atoms with Gasteiger partial charge in [0, 0.05) is 18.8 Å². The van der Waals surface area contributed by atoms with Gasteiger partial charge >= 0.3 is 0 Å². The van der Waals surface area contributed by atoms with E-state index in [4.69, 9.17) is 9.84 Å². The van der Waals surface area contributed by atoms with E-state index >= 15 is 0 Å². The summed E-state index contributed by atoms with van der Waals surface area (Å²) in [6.45, 7) is 5.91. The summed E-state index contributed by atoms with van der Waals surface area (Å²) in [7, 11) is 1.87. The number of aliphatic hydroxyl groups is 1. The van der Waals surface area contributed by atoms with E-state index in [2.05, 4.69) is 12.2 Å². The highest BCUT2D eigenvalue weighted by molar-refractivity contribution is 4.79. The molecule has 0 saturated carbocycles. The summed E-state index contributed by atoms with van der Waals surface area (Å²) in [6, 6.07) is 0. The van der Waals surface area contributed by atoms with Gasteiger partial charge in [-0.05, 0) is 26.8 Å². The normalized spacial score (nSPS) is 15.4. The van der Waals surface area contributed by atoms with Crippen molar-refractivity contribution in [2.75, 3.05) is 26.9 Å². The van der Waals surface area contributed by atoms with E-state index < -0.39 is 0 Å². The number of ether oxygens (including phenoxy) is 1. The molecule has 0 aliphatic carbocycles. The second kappa shape index (κ2) is 8.21. The molecule has 0 aromatic carbocycles. The van der Waals surface area contributed by atoms with Crippen LogP contribution in [0.25, 0.3) is 0 Å². The SMILES string of the molecule is CCCCCOCCC(C)(CO)NC. The smallest absolute Gasteiger partial charge is 0.0611 e. The molecule has 0 radical (unpaired) electrons. The summed E-state index contributed by atoms with van der Waals surface area (Å²) < 4.78 is 5.48. The van der Waals surface area contributed by atoms with Gasteiger partial charge in [-0.15, -0.1) is 0 Å². The fraction of sp³-hybridized carbons (Fsp3) is 1.00. The lowest BCUT2D eigenvalue weighted by Gasteiger charge is -2.26. The highest BCUT2D eigenvalue weighted by Crippen LogP contribution is 2.07. The standard InChI is InChI=1S/C11H25NO2/c1-4-5-6-8-14-9-7-11(2,10-13)12-3/h12-13H,4-10H2,1-3H3. The minimum Gasteiger partial charge on any atom is -0.394 e. The molecule has 0 spiro atoms. The largest absolute Gasteiger partial charge is 0.394 e. The summed E-state index contributed by atoms with van der Waals surface area (Å²) in [4.78, 5) is 0. The second-order valence-corrected chi connectivity index (χ2v) is 4.04. The van der Waals surface area contributed by atoms with Crippen LogP contribution in [0.4, 0.5) is 0 Å². The summed E-state index contributed by atoms with van der Waals surface area (Å²) in [5.41, 5.74) is -0.190. The molecule has 14 heavy (non-hydrogen) atoms. The number of nitrogens with one attached hydrogen (secondary N) is 1. The van der Waals surface area contributed by atoms with Crippen molar-refractivity contribution in [3.63, 3.8) is 0 Å². The van der Waals surface area contributed by atoms with Crippen molar-refractivity contribution in [3.05, 3.63) is 0 Å². The predicted molar refractivity (Wildman–Crippen MR) is 59.5 cm³/mol. The summed E-state index contributed by atoms with van der Waals surface area (Å²) in [6.07, 6.45) is 4.47. The Labute approximate surface area is 87.8 Å². The number of rotatable bonds is 9. The van der Waals surface area contributed by atoms with Crippen LogP contribution in [-0.2, 0) is 4.74 Å². The Kier molecular flexibility index (Phi) is 8.14. The first-order valence-electron chi connectivity index (χ1n) is 5.56. The van der Waals surface area contributed by atoms with E-state index in [-0.39, 0.29) is 12.1 Å². The van der Waals surface area contributed by atoms with E-state index in [9.17, 15) is 0 Å². The Bertz CT molecular complexity index is 124. The molecule has 0 fully saturated rings. The molecule has 0 aromatic rings. The summed E-state index contributed by atoms with van der Waals surface area (Å²) in [5.74, 6) is 0. The van der Waals surface area contributed by atoms with Crippen LogP contribution in [0.1, 0.15) is 39.5 Å². The van der Waals surface area contributed by atoms with Gasteiger partial charge in [0.1, 0.15) is 0 Å². The van der Waals surface area contributed by atoms with E-state index in [0.717, 1.165) is 26.1 Å². The van der Waals surface area contributed by atoms with Crippen LogP contribution in [0.2, 0.25) is 0 Å². The van der Waals surface area contributed by atoms with Crippen molar-refractivity contribution in [2.24, 2.45) is 0 Å². The molecule has 0 rings (SSSR count). The quantitative estimate of drug-likeness (QED) is 0.559. The van der Waals surface area contributed by atoms with Crippen molar-refractivity contribution in [2.45, 2.75) is 45.1 Å². The molecule has 86 valence electrons. The summed E-state index contributed by atoms with van der Waals surface area (Å²) >= 11 is 0. The molecule has 1 unspecified atom stereocenters. The third kappa shape index (κ3) is 6.35. The van der Waals surface area contributed by atoms with Gasteiger partial charge in [0.15, 0.2) is 0 Å². The van der Waals surface area contributed by atoms with Crippen molar-refractivity contribution in [1.82, 2.24) is 5.32 Å². The third-order valence-electron chi connectivity index (χ3n) is 2.64. The molecule has 0 heterocycles. The number of unbranched alkanes of at least 4 members (excludes halogenated alkanes) is 2. The van der Waals surface area contributed by atoms with Crippen molar-refractivity contribution >= 4 is 0 Å². The van der Waals surface area contributed by atoms with Gasteiger partial charge in [-0.25, -0.2) is 0 Å². The Morgan fingerprint density at radius 2 is 2.00 bits per heavy atom. The molecular weight excluding hydrogens is 178 g/mol. The molecule has 0 aromatic heterocycles. The number of hydrogen-bond acceptors (Lipinski definition) is 3. The molecule has 0 aliphatic heterocycles. The third-order valence-corrected chi connectivity index (χ3v) is 2.64. The Hall–Kier alpha value is -0.120. The number of hydrogen-bond donors (Lipinski definition) is 2. The topological polar surface area (TPSA) is 41.5 Å². The van der Waals surface area contributed by atoms with Gasteiger partial charge in [0.25, 0.3) is 0 Å². The van der Waals surface area contributed by atoms with Gasteiger partial charge in [0.2, 0.25) is 0 Å². The van der Waals surface area contributed by atoms with Crippen LogP contribution >= 0.6 is 0 Å². The second-order valence-electron chi connectivity index (χ2n) is 4.04. The molecular formula is C11H25NO2. The first-order chi connectivity index (χ1) is 6.68. The van der Waals surface area contributed by atoms with Crippen LogP contribution in [0, 0.1) is 0 Å². The molecule has 0 aliphatic rings. The predicted octanol–water partition coefficient (Wildman–Crippen LogP) is 1.55. The Balaban J connectivity index is 3.34. The average Bonchev–Trinajstić information content (AvgIpc) is 2.23. The lowest BCUT2D eigenvalue weighted by Crippen LogP contribution is -2.44. The van der Waals surface area contributed by atoms with Crippen LogP contribution in [0.3, 0.4) is 0 Å². The highest BCUT2D eigenvalue weighted by atomic mass is 16.5. The Morgan fingerprint density at radius 1 is 1.29 bits per heavy atom. The molecule has 2 N–H and O–H groups in total. The van der Waals surface area contributed by atoms with E-state index in [1.165, 1.54) is 12.8 Å². The first kappa shape index (κ1) is 13.9. The van der Waals surface area contributed by atoms with E-state index in [1.807, 2.05) is 14.0 Å². The lowest BCUT2D eigenvalue weighted by molar-refractivity contribution is 0.0878. The van der Waals surface area contributed by atoms with Crippen LogP contribution < -0.4 is 5.32 Å². The highest BCUT2D eigenvalue weighted by Gasteiger charge is 2.19. The maximum absolute atomic E-state index is 9.11. The van der Waals surface area contributed by atoms with Crippen LogP contribution in [-0.4, -0.2) is 37.5 Å². The van der Waals surface area contributed by atoms with Crippen molar-refractivity contribution < 1.29 is 9.84 Å². The van der Waals surface area contributed by atoms with Crippen LogP contribution in [0.5, 0.6) is 0 Å². The Morgan fingerprint density at radius 3 is 2.50 bits per heavy atom. The fourth-order valence-electron chi connectivity index (χ4n) is 1.14. The van der Waals surface area contributed by atoms with Crippen LogP contribution in [0.15, 0.2) is 0 Å². The molecule has 0 amide bonds. The molecule has 1 atom stereocenters. The average molecular weight is 203 g/mol. The zero-order chi connectivity index (χ0) is 10.9. The molecule has 3 heteroatoms. The van der Waals surface area contributed by atoms with Gasteiger partial charge in [-0.3, -0.25) is 0 Å². The number of aliphatic hydroxyl groups excluding tert-OH is 1. The molecule has 3 nitrogen and oxygen atoms in total. The maximum atomic E-state index is 9.11. The minimum absolute atomic E-state index is 0.155. The fourth-order valence-corrected chi connectivity index (χ4v) is 1.14. The lowest BCUT2D eigenvalue weighted by atomic mass is 10.0. The van der Waals surface area contributed by atoms with Crippen molar-refractivity contribution in [3.8, 4) is 0 Å². The summed E-state index contributed by atoms with van der Waals surface area (Å²) in [5, 5.41) is 12.2. The zero-order valence-corrected chi connectivity index (χ0v) is 9.81.